The molecular weight excluding hydrogens is 258 g/mol. The third-order valence-electron chi connectivity index (χ3n) is 2.66. The zero-order valence-corrected chi connectivity index (χ0v) is 10.4. The Kier molecular flexibility index (Phi) is 3.10. The van der Waals surface area contributed by atoms with E-state index in [1.807, 2.05) is 30.3 Å². The summed E-state index contributed by atoms with van der Waals surface area (Å²) >= 11 is 0. The highest BCUT2D eigenvalue weighted by atomic mass is 16.4. The lowest BCUT2D eigenvalue weighted by Crippen LogP contribution is -2.01. The molecule has 0 atom stereocenters. The standard InChI is InChI=1S/C13H11N5O2/c14-11-10(16-9(7-19)6-15-11)13-18-17-12(20-13)8-4-2-1-3-5-8/h1-6,19H,7H2,(H2,14,15). The van der Waals surface area contributed by atoms with Crippen molar-refractivity contribution in [3.05, 3.63) is 42.2 Å². The van der Waals surface area contributed by atoms with Gasteiger partial charge in [0.25, 0.3) is 5.89 Å². The van der Waals surface area contributed by atoms with E-state index < -0.39 is 0 Å². The van der Waals surface area contributed by atoms with Crippen LogP contribution >= 0.6 is 0 Å². The number of nitrogen functional groups attached to an aromatic ring is 1. The molecule has 0 aliphatic carbocycles. The number of aliphatic hydroxyl groups excluding tert-OH is 1. The number of nitrogens with zero attached hydrogens (tertiary/aromatic N) is 4. The smallest absolute Gasteiger partial charge is 0.270 e. The van der Waals surface area contributed by atoms with Gasteiger partial charge in [0.2, 0.25) is 5.89 Å². The third-order valence-corrected chi connectivity index (χ3v) is 2.66. The van der Waals surface area contributed by atoms with Crippen molar-refractivity contribution in [2.24, 2.45) is 0 Å². The first-order valence-electron chi connectivity index (χ1n) is 5.89. The molecule has 0 aliphatic heterocycles. The minimum atomic E-state index is -0.236. The van der Waals surface area contributed by atoms with E-state index in [4.69, 9.17) is 15.3 Å². The Morgan fingerprint density at radius 1 is 1.10 bits per heavy atom. The maximum Gasteiger partial charge on any atom is 0.270 e. The second-order valence-corrected chi connectivity index (χ2v) is 4.03. The Bertz CT molecular complexity index is 727. The summed E-state index contributed by atoms with van der Waals surface area (Å²) in [7, 11) is 0. The summed E-state index contributed by atoms with van der Waals surface area (Å²) in [5.41, 5.74) is 7.20. The predicted molar refractivity (Wildman–Crippen MR) is 71.1 cm³/mol. The normalized spacial score (nSPS) is 10.7. The second-order valence-electron chi connectivity index (χ2n) is 4.03. The van der Waals surface area contributed by atoms with Crippen molar-refractivity contribution in [3.8, 4) is 23.0 Å². The van der Waals surface area contributed by atoms with Crippen LogP contribution in [0.5, 0.6) is 0 Å². The van der Waals surface area contributed by atoms with E-state index in [9.17, 15) is 0 Å². The lowest BCUT2D eigenvalue weighted by molar-refractivity contribution is 0.276. The highest BCUT2D eigenvalue weighted by Gasteiger charge is 2.15. The summed E-state index contributed by atoms with van der Waals surface area (Å²) in [5.74, 6) is 0.714. The van der Waals surface area contributed by atoms with E-state index in [-0.39, 0.29) is 24.0 Å². The number of hydrogen-bond donors (Lipinski definition) is 2. The number of nitrogens with two attached hydrogens (primary N) is 1. The van der Waals surface area contributed by atoms with E-state index in [0.29, 0.717) is 11.6 Å². The molecule has 0 bridgehead atoms. The molecule has 0 unspecified atom stereocenters. The minimum absolute atomic E-state index is 0.171. The molecule has 0 amide bonds. The van der Waals surface area contributed by atoms with Gasteiger partial charge in [-0.1, -0.05) is 18.2 Å². The van der Waals surface area contributed by atoms with Crippen molar-refractivity contribution < 1.29 is 9.52 Å². The molecular formula is C13H11N5O2. The average molecular weight is 269 g/mol. The summed E-state index contributed by atoms with van der Waals surface area (Å²) in [6.07, 6.45) is 1.40. The highest BCUT2D eigenvalue weighted by molar-refractivity contribution is 5.63. The van der Waals surface area contributed by atoms with Crippen molar-refractivity contribution >= 4 is 5.82 Å². The van der Waals surface area contributed by atoms with Gasteiger partial charge >= 0.3 is 0 Å². The van der Waals surface area contributed by atoms with E-state index in [1.165, 1.54) is 6.20 Å². The van der Waals surface area contributed by atoms with Crippen LogP contribution in [0.1, 0.15) is 5.69 Å². The van der Waals surface area contributed by atoms with Crippen LogP contribution in [0.2, 0.25) is 0 Å². The molecule has 0 spiro atoms. The third kappa shape index (κ3) is 2.21. The van der Waals surface area contributed by atoms with Crippen LogP contribution < -0.4 is 5.73 Å². The quantitative estimate of drug-likeness (QED) is 0.736. The zero-order chi connectivity index (χ0) is 13.9. The maximum atomic E-state index is 9.07. The largest absolute Gasteiger partial charge is 0.414 e. The van der Waals surface area contributed by atoms with Gasteiger partial charge in [0, 0.05) is 5.56 Å². The number of aromatic nitrogens is 4. The predicted octanol–water partition coefficient (Wildman–Crippen LogP) is 1.27. The first-order valence-corrected chi connectivity index (χ1v) is 5.89. The molecule has 3 rings (SSSR count). The number of anilines is 1. The minimum Gasteiger partial charge on any atom is -0.414 e. The number of aliphatic hydroxyl groups is 1. The fourth-order valence-electron chi connectivity index (χ4n) is 1.68. The second kappa shape index (κ2) is 5.06. The van der Waals surface area contributed by atoms with Crippen molar-refractivity contribution in [1.29, 1.82) is 0 Å². The summed E-state index contributed by atoms with van der Waals surface area (Å²) in [5, 5.41) is 16.9. The van der Waals surface area contributed by atoms with Crippen molar-refractivity contribution in [3.63, 3.8) is 0 Å². The molecule has 7 nitrogen and oxygen atoms in total. The molecule has 3 aromatic rings. The van der Waals surface area contributed by atoms with E-state index in [0.717, 1.165) is 5.56 Å². The molecule has 7 heteroatoms. The summed E-state index contributed by atoms with van der Waals surface area (Å²) < 4.78 is 5.55. The van der Waals surface area contributed by atoms with Crippen molar-refractivity contribution in [2.75, 3.05) is 5.73 Å². The van der Waals surface area contributed by atoms with E-state index in [2.05, 4.69) is 20.2 Å². The van der Waals surface area contributed by atoms with Crippen LogP contribution in [0, 0.1) is 0 Å². The molecule has 0 saturated carbocycles. The van der Waals surface area contributed by atoms with Gasteiger partial charge in [-0.2, -0.15) is 0 Å². The van der Waals surface area contributed by atoms with Crippen LogP contribution in [-0.4, -0.2) is 25.3 Å². The Morgan fingerprint density at radius 2 is 1.85 bits per heavy atom. The van der Waals surface area contributed by atoms with Crippen LogP contribution in [0.3, 0.4) is 0 Å². The molecule has 0 saturated heterocycles. The topological polar surface area (TPSA) is 111 Å². The van der Waals surface area contributed by atoms with Crippen LogP contribution in [0.25, 0.3) is 23.0 Å². The van der Waals surface area contributed by atoms with Crippen molar-refractivity contribution in [2.45, 2.75) is 6.61 Å². The van der Waals surface area contributed by atoms with Gasteiger partial charge < -0.3 is 15.3 Å². The highest BCUT2D eigenvalue weighted by Crippen LogP contribution is 2.25. The van der Waals surface area contributed by atoms with Gasteiger partial charge in [-0.3, -0.25) is 0 Å². The van der Waals surface area contributed by atoms with Crippen LogP contribution in [0.15, 0.2) is 40.9 Å². The lowest BCUT2D eigenvalue weighted by Gasteiger charge is -2.01. The summed E-state index contributed by atoms with van der Waals surface area (Å²) in [6, 6.07) is 9.36. The van der Waals surface area contributed by atoms with Crippen molar-refractivity contribution in [1.82, 2.24) is 20.2 Å². The fraction of sp³-hybridized carbons (Fsp3) is 0.0769. The van der Waals surface area contributed by atoms with Gasteiger partial charge in [0.1, 0.15) is 0 Å². The Labute approximate surface area is 114 Å². The van der Waals surface area contributed by atoms with Gasteiger partial charge in [0.15, 0.2) is 11.5 Å². The summed E-state index contributed by atoms with van der Waals surface area (Å²) in [6.45, 7) is -0.236. The molecule has 0 aliphatic rings. The maximum absolute atomic E-state index is 9.07. The monoisotopic (exact) mass is 269 g/mol. The zero-order valence-electron chi connectivity index (χ0n) is 10.4. The van der Waals surface area contributed by atoms with Gasteiger partial charge in [0.05, 0.1) is 18.5 Å². The van der Waals surface area contributed by atoms with Gasteiger partial charge in [-0.15, -0.1) is 10.2 Å². The van der Waals surface area contributed by atoms with Crippen LogP contribution in [0.4, 0.5) is 5.82 Å². The SMILES string of the molecule is Nc1ncc(CO)nc1-c1nnc(-c2ccccc2)o1. The number of rotatable bonds is 3. The number of hydrogen-bond acceptors (Lipinski definition) is 7. The fourth-order valence-corrected chi connectivity index (χ4v) is 1.68. The molecule has 0 radical (unpaired) electrons. The Morgan fingerprint density at radius 3 is 2.60 bits per heavy atom. The lowest BCUT2D eigenvalue weighted by atomic mass is 10.2. The van der Waals surface area contributed by atoms with Gasteiger partial charge in [-0.25, -0.2) is 9.97 Å². The molecule has 2 heterocycles. The molecule has 100 valence electrons. The van der Waals surface area contributed by atoms with E-state index in [1.54, 1.807) is 0 Å². The number of benzene rings is 1. The Balaban J connectivity index is 2.02. The average Bonchev–Trinajstić information content (AvgIpc) is 2.98. The molecule has 3 N–H and O–H groups in total. The molecule has 1 aromatic carbocycles. The molecule has 0 fully saturated rings. The summed E-state index contributed by atoms with van der Waals surface area (Å²) in [4.78, 5) is 8.07. The first-order chi connectivity index (χ1) is 9.78. The molecule has 2 aromatic heterocycles. The molecule has 20 heavy (non-hydrogen) atoms. The Hall–Kier alpha value is -2.80. The van der Waals surface area contributed by atoms with Gasteiger partial charge in [-0.05, 0) is 12.1 Å². The first kappa shape index (κ1) is 12.2. The van der Waals surface area contributed by atoms with E-state index >= 15 is 0 Å². The van der Waals surface area contributed by atoms with Crippen LogP contribution in [-0.2, 0) is 6.61 Å².